The summed E-state index contributed by atoms with van der Waals surface area (Å²) >= 11 is 0. The largest absolute Gasteiger partial charge is 0.481 e. The first-order chi connectivity index (χ1) is 7.68. The summed E-state index contributed by atoms with van der Waals surface area (Å²) < 4.78 is 0. The first-order valence-corrected chi connectivity index (χ1v) is 6.35. The Hall–Kier alpha value is -0.860. The van der Waals surface area contributed by atoms with Crippen LogP contribution in [0.5, 0.6) is 0 Å². The fourth-order valence-corrected chi connectivity index (χ4v) is 1.69. The molecular weight excluding hydrogens is 204 g/mol. The molecule has 0 saturated carbocycles. The molecule has 16 heavy (non-hydrogen) atoms. The van der Waals surface area contributed by atoms with Crippen LogP contribution in [0.4, 0.5) is 0 Å². The van der Waals surface area contributed by atoms with Crippen molar-refractivity contribution in [3.63, 3.8) is 0 Å². The van der Waals surface area contributed by atoms with Crippen LogP contribution in [0.15, 0.2) is 0 Å². The van der Waals surface area contributed by atoms with Crippen LogP contribution in [0.3, 0.4) is 0 Å². The fourth-order valence-electron chi connectivity index (χ4n) is 1.69. The Morgan fingerprint density at radius 3 is 2.06 bits per heavy atom. The molecular formula is C13H24O3. The zero-order chi connectivity index (χ0) is 12.2. The molecule has 1 N–H and O–H groups in total. The van der Waals surface area contributed by atoms with Gasteiger partial charge in [-0.05, 0) is 12.8 Å². The number of unbranched alkanes of at least 4 members (excludes halogenated alkanes) is 7. The molecule has 94 valence electrons. The lowest BCUT2D eigenvalue weighted by Crippen LogP contribution is -2.08. The maximum absolute atomic E-state index is 10.5. The SMILES string of the molecule is CC(CCCCCCCCCC=O)C(=O)O. The number of rotatable bonds is 11. The van der Waals surface area contributed by atoms with E-state index in [2.05, 4.69) is 0 Å². The van der Waals surface area contributed by atoms with Crippen LogP contribution in [0.25, 0.3) is 0 Å². The number of aldehydes is 1. The zero-order valence-corrected chi connectivity index (χ0v) is 10.3. The van der Waals surface area contributed by atoms with E-state index in [1.54, 1.807) is 6.92 Å². The van der Waals surface area contributed by atoms with Crippen molar-refractivity contribution in [3.05, 3.63) is 0 Å². The molecule has 0 aliphatic heterocycles. The Morgan fingerprint density at radius 1 is 1.06 bits per heavy atom. The van der Waals surface area contributed by atoms with Gasteiger partial charge < -0.3 is 9.90 Å². The lowest BCUT2D eigenvalue weighted by molar-refractivity contribution is -0.141. The van der Waals surface area contributed by atoms with Gasteiger partial charge in [-0.15, -0.1) is 0 Å². The number of carboxylic acids is 1. The summed E-state index contributed by atoms with van der Waals surface area (Å²) in [6.07, 6.45) is 10.4. The van der Waals surface area contributed by atoms with E-state index in [4.69, 9.17) is 5.11 Å². The Kier molecular flexibility index (Phi) is 10.1. The van der Waals surface area contributed by atoms with Gasteiger partial charge in [0.15, 0.2) is 0 Å². The molecule has 0 aromatic heterocycles. The van der Waals surface area contributed by atoms with Crippen molar-refractivity contribution >= 4 is 12.3 Å². The Balaban J connectivity index is 3.09. The molecule has 0 heterocycles. The van der Waals surface area contributed by atoms with Gasteiger partial charge in [0.2, 0.25) is 0 Å². The van der Waals surface area contributed by atoms with E-state index < -0.39 is 5.97 Å². The van der Waals surface area contributed by atoms with Crippen molar-refractivity contribution in [1.82, 2.24) is 0 Å². The third-order valence-electron chi connectivity index (χ3n) is 2.88. The summed E-state index contributed by atoms with van der Waals surface area (Å²) in [6, 6.07) is 0. The fraction of sp³-hybridized carbons (Fsp3) is 0.846. The number of carbonyl (C=O) groups is 2. The minimum absolute atomic E-state index is 0.201. The van der Waals surface area contributed by atoms with Crippen molar-refractivity contribution in [2.24, 2.45) is 5.92 Å². The van der Waals surface area contributed by atoms with Crippen LogP contribution in [-0.4, -0.2) is 17.4 Å². The van der Waals surface area contributed by atoms with Gasteiger partial charge >= 0.3 is 5.97 Å². The second-order valence-corrected chi connectivity index (χ2v) is 4.46. The van der Waals surface area contributed by atoms with Crippen LogP contribution in [0.1, 0.15) is 64.7 Å². The molecule has 1 unspecified atom stereocenters. The Labute approximate surface area is 98.2 Å². The van der Waals surface area contributed by atoms with E-state index in [0.717, 1.165) is 38.4 Å². The summed E-state index contributed by atoms with van der Waals surface area (Å²) in [5.41, 5.74) is 0. The van der Waals surface area contributed by atoms with Crippen LogP contribution in [0, 0.1) is 5.92 Å². The number of carbonyl (C=O) groups excluding carboxylic acids is 1. The highest BCUT2D eigenvalue weighted by atomic mass is 16.4. The third-order valence-corrected chi connectivity index (χ3v) is 2.88. The molecule has 0 spiro atoms. The normalized spacial score (nSPS) is 12.3. The van der Waals surface area contributed by atoms with Crippen molar-refractivity contribution < 1.29 is 14.7 Å². The lowest BCUT2D eigenvalue weighted by atomic mass is 10.0. The van der Waals surface area contributed by atoms with Crippen molar-refractivity contribution in [3.8, 4) is 0 Å². The summed E-state index contributed by atoms with van der Waals surface area (Å²) in [5.74, 6) is -0.888. The molecule has 0 amide bonds. The van der Waals surface area contributed by atoms with E-state index in [0.29, 0.717) is 6.42 Å². The molecule has 0 fully saturated rings. The smallest absolute Gasteiger partial charge is 0.306 e. The molecule has 1 atom stereocenters. The lowest BCUT2D eigenvalue weighted by Gasteiger charge is -2.05. The third kappa shape index (κ3) is 9.69. The molecule has 0 aromatic carbocycles. The van der Waals surface area contributed by atoms with Gasteiger partial charge in [-0.2, -0.15) is 0 Å². The topological polar surface area (TPSA) is 54.4 Å². The van der Waals surface area contributed by atoms with Gasteiger partial charge in [0.05, 0.1) is 5.92 Å². The average molecular weight is 228 g/mol. The number of aliphatic carboxylic acids is 1. The average Bonchev–Trinajstić information content (AvgIpc) is 2.26. The first kappa shape index (κ1) is 15.1. The van der Waals surface area contributed by atoms with Crippen molar-refractivity contribution in [1.29, 1.82) is 0 Å². The number of carboxylic acid groups (broad SMARTS) is 1. The summed E-state index contributed by atoms with van der Waals surface area (Å²) in [6.45, 7) is 1.77. The van der Waals surface area contributed by atoms with E-state index in [9.17, 15) is 9.59 Å². The second-order valence-electron chi connectivity index (χ2n) is 4.46. The molecule has 0 aromatic rings. The second kappa shape index (κ2) is 10.7. The van der Waals surface area contributed by atoms with Gasteiger partial charge in [0, 0.05) is 6.42 Å². The molecule has 3 nitrogen and oxygen atoms in total. The standard InChI is InChI=1S/C13H24O3/c1-12(13(15)16)10-8-6-4-2-3-5-7-9-11-14/h11-12H,2-10H2,1H3,(H,15,16). The highest BCUT2D eigenvalue weighted by molar-refractivity contribution is 5.69. The van der Waals surface area contributed by atoms with E-state index >= 15 is 0 Å². The molecule has 3 heteroatoms. The Morgan fingerprint density at radius 2 is 1.56 bits per heavy atom. The minimum atomic E-state index is -0.686. The van der Waals surface area contributed by atoms with E-state index in [-0.39, 0.29) is 5.92 Å². The first-order valence-electron chi connectivity index (χ1n) is 6.35. The van der Waals surface area contributed by atoms with Gasteiger partial charge in [-0.25, -0.2) is 0 Å². The zero-order valence-electron chi connectivity index (χ0n) is 10.3. The van der Waals surface area contributed by atoms with Crippen LogP contribution in [0.2, 0.25) is 0 Å². The van der Waals surface area contributed by atoms with Crippen molar-refractivity contribution in [2.45, 2.75) is 64.7 Å². The molecule has 0 bridgehead atoms. The van der Waals surface area contributed by atoms with Gasteiger partial charge in [0.25, 0.3) is 0 Å². The molecule has 0 rings (SSSR count). The minimum Gasteiger partial charge on any atom is -0.481 e. The number of hydrogen-bond donors (Lipinski definition) is 1. The highest BCUT2D eigenvalue weighted by Gasteiger charge is 2.09. The summed E-state index contributed by atoms with van der Waals surface area (Å²) in [7, 11) is 0. The number of hydrogen-bond acceptors (Lipinski definition) is 2. The maximum atomic E-state index is 10.5. The Bertz CT molecular complexity index is 190. The summed E-state index contributed by atoms with van der Waals surface area (Å²) in [5, 5.41) is 8.68. The van der Waals surface area contributed by atoms with Crippen LogP contribution < -0.4 is 0 Å². The predicted octanol–water partition coefficient (Wildman–Crippen LogP) is 3.42. The maximum Gasteiger partial charge on any atom is 0.306 e. The molecule has 0 saturated heterocycles. The van der Waals surface area contributed by atoms with Gasteiger partial charge in [-0.3, -0.25) is 4.79 Å². The molecule has 0 radical (unpaired) electrons. The van der Waals surface area contributed by atoms with Gasteiger partial charge in [0.1, 0.15) is 6.29 Å². The monoisotopic (exact) mass is 228 g/mol. The van der Waals surface area contributed by atoms with Gasteiger partial charge in [-0.1, -0.05) is 45.4 Å². The van der Waals surface area contributed by atoms with E-state index in [1.807, 2.05) is 0 Å². The summed E-state index contributed by atoms with van der Waals surface area (Å²) in [4.78, 5) is 20.6. The van der Waals surface area contributed by atoms with E-state index in [1.165, 1.54) is 19.3 Å². The quantitative estimate of drug-likeness (QED) is 0.435. The molecule has 0 aliphatic rings. The van der Waals surface area contributed by atoms with Crippen molar-refractivity contribution in [2.75, 3.05) is 0 Å². The van der Waals surface area contributed by atoms with Crippen LogP contribution >= 0.6 is 0 Å². The predicted molar refractivity (Wildman–Crippen MR) is 64.4 cm³/mol. The highest BCUT2D eigenvalue weighted by Crippen LogP contribution is 2.12. The molecule has 0 aliphatic carbocycles. The van der Waals surface area contributed by atoms with Crippen LogP contribution in [-0.2, 0) is 9.59 Å².